The fourth-order valence-electron chi connectivity index (χ4n) is 1.69. The van der Waals surface area contributed by atoms with Crippen LogP contribution in [-0.2, 0) is 20.6 Å². The largest absolute Gasteiger partial charge is 0.382 e. The fraction of sp³-hybridized carbons (Fsp3) is 0.500. The Labute approximate surface area is 90.0 Å². The second-order valence-corrected chi connectivity index (χ2v) is 3.67. The van der Waals surface area contributed by atoms with Gasteiger partial charge in [-0.25, -0.2) is 0 Å². The van der Waals surface area contributed by atoms with Crippen molar-refractivity contribution in [1.29, 1.82) is 0 Å². The van der Waals surface area contributed by atoms with Crippen LogP contribution in [0, 0.1) is 0 Å². The Morgan fingerprint density at radius 2 is 2.13 bits per heavy atom. The molecule has 0 spiro atoms. The molecule has 1 fully saturated rings. The first kappa shape index (κ1) is 10.6. The predicted octanol–water partition coefficient (Wildman–Crippen LogP) is 1.62. The molecule has 0 aliphatic carbocycles. The lowest BCUT2D eigenvalue weighted by Crippen LogP contribution is -2.18. The Hall–Kier alpha value is -0.900. The lowest BCUT2D eigenvalue weighted by atomic mass is 10.1. The SMILES string of the molecule is COC[C@@H]1CO[C@H](Cc2ccccc2)O1. The molecule has 1 aliphatic rings. The third-order valence-corrected chi connectivity index (χ3v) is 2.41. The van der Waals surface area contributed by atoms with Crippen molar-refractivity contribution in [3.63, 3.8) is 0 Å². The van der Waals surface area contributed by atoms with E-state index in [9.17, 15) is 0 Å². The summed E-state index contributed by atoms with van der Waals surface area (Å²) in [5.74, 6) is 0. The van der Waals surface area contributed by atoms with E-state index in [4.69, 9.17) is 14.2 Å². The second-order valence-electron chi connectivity index (χ2n) is 3.67. The van der Waals surface area contributed by atoms with Gasteiger partial charge in [-0.2, -0.15) is 0 Å². The van der Waals surface area contributed by atoms with Gasteiger partial charge in [-0.15, -0.1) is 0 Å². The Morgan fingerprint density at radius 1 is 1.33 bits per heavy atom. The molecule has 15 heavy (non-hydrogen) atoms. The third kappa shape index (κ3) is 3.02. The zero-order chi connectivity index (χ0) is 10.5. The van der Waals surface area contributed by atoms with Gasteiger partial charge in [0.2, 0.25) is 0 Å². The molecule has 0 bridgehead atoms. The first-order valence-electron chi connectivity index (χ1n) is 5.18. The van der Waals surface area contributed by atoms with E-state index in [2.05, 4.69) is 12.1 Å². The van der Waals surface area contributed by atoms with Gasteiger partial charge in [0.1, 0.15) is 6.10 Å². The summed E-state index contributed by atoms with van der Waals surface area (Å²) in [4.78, 5) is 0. The molecule has 3 heteroatoms. The van der Waals surface area contributed by atoms with Crippen molar-refractivity contribution in [3.8, 4) is 0 Å². The summed E-state index contributed by atoms with van der Waals surface area (Å²) >= 11 is 0. The minimum absolute atomic E-state index is 0.0868. The van der Waals surface area contributed by atoms with Gasteiger partial charge < -0.3 is 14.2 Å². The smallest absolute Gasteiger partial charge is 0.162 e. The molecule has 1 heterocycles. The lowest BCUT2D eigenvalue weighted by molar-refractivity contribution is -0.0662. The second kappa shape index (κ2) is 5.26. The van der Waals surface area contributed by atoms with Crippen molar-refractivity contribution in [2.75, 3.05) is 20.3 Å². The molecule has 0 aromatic heterocycles. The average molecular weight is 208 g/mol. The summed E-state index contributed by atoms with van der Waals surface area (Å²) in [5, 5.41) is 0. The van der Waals surface area contributed by atoms with Gasteiger partial charge in [0.05, 0.1) is 13.2 Å². The van der Waals surface area contributed by atoms with E-state index >= 15 is 0 Å². The van der Waals surface area contributed by atoms with Crippen LogP contribution in [0.15, 0.2) is 30.3 Å². The Balaban J connectivity index is 1.82. The highest BCUT2D eigenvalue weighted by molar-refractivity contribution is 5.15. The minimum atomic E-state index is -0.118. The number of rotatable bonds is 4. The molecule has 0 N–H and O–H groups in total. The third-order valence-electron chi connectivity index (χ3n) is 2.41. The summed E-state index contributed by atoms with van der Waals surface area (Å²) < 4.78 is 16.2. The van der Waals surface area contributed by atoms with Crippen LogP contribution in [0.5, 0.6) is 0 Å². The molecular formula is C12H16O3. The van der Waals surface area contributed by atoms with Gasteiger partial charge in [0, 0.05) is 13.5 Å². The van der Waals surface area contributed by atoms with Crippen LogP contribution < -0.4 is 0 Å². The highest BCUT2D eigenvalue weighted by Crippen LogP contribution is 2.16. The maximum atomic E-state index is 5.66. The van der Waals surface area contributed by atoms with E-state index in [0.717, 1.165) is 6.42 Å². The minimum Gasteiger partial charge on any atom is -0.382 e. The molecule has 3 nitrogen and oxygen atoms in total. The molecule has 2 atom stereocenters. The molecule has 1 aliphatic heterocycles. The Kier molecular flexibility index (Phi) is 3.72. The van der Waals surface area contributed by atoms with Crippen LogP contribution in [-0.4, -0.2) is 32.7 Å². The molecule has 0 unspecified atom stereocenters. The van der Waals surface area contributed by atoms with Gasteiger partial charge in [0.15, 0.2) is 6.29 Å². The molecule has 0 amide bonds. The predicted molar refractivity (Wildman–Crippen MR) is 56.6 cm³/mol. The first-order chi connectivity index (χ1) is 7.38. The van der Waals surface area contributed by atoms with Gasteiger partial charge >= 0.3 is 0 Å². The maximum Gasteiger partial charge on any atom is 0.162 e. The van der Waals surface area contributed by atoms with E-state index in [1.54, 1.807) is 7.11 Å². The molecule has 0 radical (unpaired) electrons. The first-order valence-corrected chi connectivity index (χ1v) is 5.18. The number of methoxy groups -OCH3 is 1. The van der Waals surface area contributed by atoms with Crippen molar-refractivity contribution in [3.05, 3.63) is 35.9 Å². The van der Waals surface area contributed by atoms with E-state index in [1.165, 1.54) is 5.56 Å². The lowest BCUT2D eigenvalue weighted by Gasteiger charge is -2.10. The maximum absolute atomic E-state index is 5.66. The monoisotopic (exact) mass is 208 g/mol. The van der Waals surface area contributed by atoms with E-state index in [-0.39, 0.29) is 12.4 Å². The molecule has 2 rings (SSSR count). The van der Waals surface area contributed by atoms with Crippen LogP contribution in [0.1, 0.15) is 5.56 Å². The quantitative estimate of drug-likeness (QED) is 0.752. The van der Waals surface area contributed by atoms with Crippen LogP contribution in [0.4, 0.5) is 0 Å². The normalized spacial score (nSPS) is 25.7. The fourth-order valence-corrected chi connectivity index (χ4v) is 1.69. The highest BCUT2D eigenvalue weighted by atomic mass is 16.7. The highest BCUT2D eigenvalue weighted by Gasteiger charge is 2.25. The summed E-state index contributed by atoms with van der Waals surface area (Å²) in [7, 11) is 1.67. The van der Waals surface area contributed by atoms with E-state index < -0.39 is 0 Å². The molecule has 1 aromatic rings. The van der Waals surface area contributed by atoms with Crippen molar-refractivity contribution in [2.24, 2.45) is 0 Å². The zero-order valence-corrected chi connectivity index (χ0v) is 8.89. The number of benzene rings is 1. The van der Waals surface area contributed by atoms with Crippen molar-refractivity contribution < 1.29 is 14.2 Å². The van der Waals surface area contributed by atoms with Crippen LogP contribution >= 0.6 is 0 Å². The number of hydrogen-bond acceptors (Lipinski definition) is 3. The van der Waals surface area contributed by atoms with Crippen molar-refractivity contribution >= 4 is 0 Å². The number of ether oxygens (including phenoxy) is 3. The summed E-state index contributed by atoms with van der Waals surface area (Å²) in [6.45, 7) is 1.23. The summed E-state index contributed by atoms with van der Waals surface area (Å²) in [6, 6.07) is 10.2. The molecule has 0 saturated carbocycles. The zero-order valence-electron chi connectivity index (χ0n) is 8.89. The van der Waals surface area contributed by atoms with Crippen LogP contribution in [0.3, 0.4) is 0 Å². The van der Waals surface area contributed by atoms with Gasteiger partial charge in [-0.05, 0) is 5.56 Å². The molecule has 82 valence electrons. The molecular weight excluding hydrogens is 192 g/mol. The van der Waals surface area contributed by atoms with Crippen molar-refractivity contribution in [1.82, 2.24) is 0 Å². The summed E-state index contributed by atoms with van der Waals surface area (Å²) in [5.41, 5.74) is 1.24. The van der Waals surface area contributed by atoms with Gasteiger partial charge in [0.25, 0.3) is 0 Å². The van der Waals surface area contributed by atoms with E-state index in [0.29, 0.717) is 13.2 Å². The standard InChI is InChI=1S/C12H16O3/c1-13-8-11-9-14-12(15-11)7-10-5-3-2-4-6-10/h2-6,11-12H,7-9H2,1H3/t11-,12+/m1/s1. The van der Waals surface area contributed by atoms with Crippen LogP contribution in [0.2, 0.25) is 0 Å². The summed E-state index contributed by atoms with van der Waals surface area (Å²) in [6.07, 6.45) is 0.775. The van der Waals surface area contributed by atoms with E-state index in [1.807, 2.05) is 18.2 Å². The average Bonchev–Trinajstić information content (AvgIpc) is 2.68. The molecule has 1 aromatic carbocycles. The van der Waals surface area contributed by atoms with Gasteiger partial charge in [-0.3, -0.25) is 0 Å². The van der Waals surface area contributed by atoms with Gasteiger partial charge in [-0.1, -0.05) is 30.3 Å². The molecule has 1 saturated heterocycles. The van der Waals surface area contributed by atoms with Crippen molar-refractivity contribution in [2.45, 2.75) is 18.8 Å². The van der Waals surface area contributed by atoms with Crippen LogP contribution in [0.25, 0.3) is 0 Å². The Bertz CT molecular complexity index is 286. The number of hydrogen-bond donors (Lipinski definition) is 0. The Morgan fingerprint density at radius 3 is 2.87 bits per heavy atom. The topological polar surface area (TPSA) is 27.7 Å².